The lowest BCUT2D eigenvalue weighted by Gasteiger charge is -2.11. The molecule has 0 spiro atoms. The van der Waals surface area contributed by atoms with Crippen LogP contribution in [0, 0.1) is 5.82 Å². The van der Waals surface area contributed by atoms with Gasteiger partial charge >= 0.3 is 0 Å². The predicted octanol–water partition coefficient (Wildman–Crippen LogP) is 9.92. The van der Waals surface area contributed by atoms with Gasteiger partial charge in [-0.1, -0.05) is 109 Å². The number of fused-ring (bicyclic) bond motifs is 3. The summed E-state index contributed by atoms with van der Waals surface area (Å²) >= 11 is 0. The summed E-state index contributed by atoms with van der Waals surface area (Å²) in [5.74, 6) is -1.22. The molecule has 38 heavy (non-hydrogen) atoms. The van der Waals surface area contributed by atoms with E-state index in [4.69, 9.17) is 23.3 Å². The monoisotopic (exact) mass is 510 g/mol. The molecule has 0 unspecified atom stereocenters. The van der Waals surface area contributed by atoms with Crippen LogP contribution in [-0.4, -0.2) is 4.57 Å². The Bertz CT molecular complexity index is 2850. The van der Waals surface area contributed by atoms with Gasteiger partial charge in [-0.2, -0.15) is 0 Å². The van der Waals surface area contributed by atoms with E-state index in [-0.39, 0.29) is 11.1 Å². The van der Waals surface area contributed by atoms with E-state index in [1.165, 1.54) is 0 Å². The first-order valence-electron chi connectivity index (χ1n) is 21.6. The first-order valence-corrected chi connectivity index (χ1v) is 11.1. The van der Waals surface area contributed by atoms with Crippen LogP contribution in [0.4, 0.5) is 4.39 Å². The van der Waals surface area contributed by atoms with Crippen molar-refractivity contribution in [2.45, 2.75) is 0 Å². The molecule has 7 aromatic rings. The topological polar surface area (TPSA) is 4.93 Å². The van der Waals surface area contributed by atoms with Crippen LogP contribution in [0.5, 0.6) is 0 Å². The Labute approximate surface area is 250 Å². The van der Waals surface area contributed by atoms with Gasteiger partial charge in [-0.15, -0.1) is 0 Å². The van der Waals surface area contributed by atoms with Gasteiger partial charge in [0.15, 0.2) is 0 Å². The normalized spacial score (nSPS) is 19.0. The van der Waals surface area contributed by atoms with E-state index in [1.54, 1.807) is 0 Å². The maximum absolute atomic E-state index is 16.7. The van der Waals surface area contributed by atoms with E-state index in [0.29, 0.717) is 0 Å². The molecule has 0 radical (unpaired) electrons. The molecule has 0 N–H and O–H groups in total. The molecule has 0 aliphatic carbocycles. The molecule has 0 bridgehead atoms. The summed E-state index contributed by atoms with van der Waals surface area (Å²) in [6, 6.07) is -14.0. The van der Waals surface area contributed by atoms with Gasteiger partial charge in [-0.3, -0.25) is 0 Å². The van der Waals surface area contributed by atoms with Crippen LogP contribution in [0.15, 0.2) is 145 Å². The second-order valence-corrected chi connectivity index (χ2v) is 7.95. The summed E-state index contributed by atoms with van der Waals surface area (Å²) in [5, 5.41) is -1.05. The Morgan fingerprint density at radius 1 is 0.474 bits per heavy atom. The van der Waals surface area contributed by atoms with Crippen molar-refractivity contribution in [1.82, 2.24) is 4.57 Å². The lowest BCUT2D eigenvalue weighted by atomic mass is 10.0. The van der Waals surface area contributed by atoms with Gasteiger partial charge < -0.3 is 4.57 Å². The highest BCUT2D eigenvalue weighted by molar-refractivity contribution is 6.11. The molecule has 1 heterocycles. The fraction of sp³-hybridized carbons (Fsp3) is 0. The molecule has 2 heteroatoms. The van der Waals surface area contributed by atoms with E-state index in [9.17, 15) is 5.48 Å². The van der Waals surface area contributed by atoms with Gasteiger partial charge in [-0.25, -0.2) is 4.39 Å². The first-order chi connectivity index (χ1) is 27.5. The zero-order valence-corrected chi connectivity index (χ0v) is 19.1. The highest BCUT2D eigenvalue weighted by atomic mass is 19.1. The third kappa shape index (κ3) is 3.79. The summed E-state index contributed by atoms with van der Waals surface area (Å²) in [6.07, 6.45) is 0. The zero-order chi connectivity index (χ0) is 43.8. The third-order valence-electron chi connectivity index (χ3n) is 5.76. The molecule has 0 saturated heterocycles. The highest BCUT2D eigenvalue weighted by Gasteiger charge is 2.17. The maximum Gasteiger partial charge on any atom is 0.147 e. The Morgan fingerprint density at radius 3 is 1.37 bits per heavy atom. The van der Waals surface area contributed by atoms with Crippen LogP contribution in [-0.2, 0) is 0 Å². The number of hydrogen-bond acceptors (Lipinski definition) is 0. The lowest BCUT2D eigenvalue weighted by molar-refractivity contribution is 0.621. The van der Waals surface area contributed by atoms with Gasteiger partial charge in [0.2, 0.25) is 0 Å². The Hall–Kier alpha value is -4.95. The highest BCUT2D eigenvalue weighted by Crippen LogP contribution is 2.38. The van der Waals surface area contributed by atoms with Crippen molar-refractivity contribution >= 4 is 21.8 Å². The predicted molar refractivity (Wildman–Crippen MR) is 157 cm³/mol. The van der Waals surface area contributed by atoms with E-state index in [1.807, 2.05) is 0 Å². The minimum Gasteiger partial charge on any atom is -0.306 e. The van der Waals surface area contributed by atoms with E-state index >= 15 is 4.39 Å². The molecular formula is C36H24FN. The fourth-order valence-corrected chi connectivity index (χ4v) is 4.09. The SMILES string of the molecule is [2H]c1c([2H])c([2H])c(-c2ccc(-n3c4c([2H])c([2H])c(-c5c([2H])c([2H])c([2H])c([2H])c5[2H])c([2H])c4c4c([2H])c(-c5c([2H])c([2H])c([2H])c([2H])c5[2H])c([2H])c([2H])c43)c(F)c2)c([2H])c1[2H]. The van der Waals surface area contributed by atoms with Gasteiger partial charge in [0, 0.05) is 10.8 Å². The lowest BCUT2D eigenvalue weighted by Crippen LogP contribution is -1.98. The van der Waals surface area contributed by atoms with Crippen molar-refractivity contribution in [1.29, 1.82) is 0 Å². The number of benzene rings is 6. The molecular weight excluding hydrogens is 465 g/mol. The van der Waals surface area contributed by atoms with Crippen LogP contribution in [0.2, 0.25) is 0 Å². The molecule has 0 aliphatic heterocycles. The van der Waals surface area contributed by atoms with Crippen LogP contribution in [0.25, 0.3) is 60.9 Å². The summed E-state index contributed by atoms with van der Waals surface area (Å²) in [4.78, 5) is 0. The standard InChI is InChI=1S/C36H24FN/c37-33-24-30(27-14-8-3-9-15-27)18-21-36(33)38-34-19-16-28(25-10-4-1-5-11-25)22-31(34)32-23-29(17-20-35(32)38)26-12-6-2-7-13-26/h1-24H/i1D,2D,3D,4D,5D,6D,7D,8D,9D,10D,11D,12D,13D,14D,15D,16D,17D,19D,20D,22D,23D. The summed E-state index contributed by atoms with van der Waals surface area (Å²) in [6.45, 7) is 0. The maximum atomic E-state index is 16.7. The first kappa shape index (κ1) is 9.41. The van der Waals surface area contributed by atoms with Gasteiger partial charge in [0.25, 0.3) is 0 Å². The minimum atomic E-state index is -1.22. The van der Waals surface area contributed by atoms with Gasteiger partial charge in [0.1, 0.15) is 5.82 Å². The van der Waals surface area contributed by atoms with Crippen molar-refractivity contribution in [3.05, 3.63) is 151 Å². The summed E-state index contributed by atoms with van der Waals surface area (Å²) < 4.78 is 197. The van der Waals surface area contributed by atoms with Crippen LogP contribution < -0.4 is 0 Å². The molecule has 1 nitrogen and oxygen atoms in total. The van der Waals surface area contributed by atoms with Crippen molar-refractivity contribution in [3.63, 3.8) is 0 Å². The zero-order valence-electron chi connectivity index (χ0n) is 40.1. The number of aromatic nitrogens is 1. The number of nitrogens with zero attached hydrogens (tertiary/aromatic N) is 1. The van der Waals surface area contributed by atoms with Crippen molar-refractivity contribution < 1.29 is 33.2 Å². The molecule has 6 aromatic carbocycles. The second kappa shape index (κ2) is 9.17. The Kier molecular flexibility index (Phi) is 2.27. The van der Waals surface area contributed by atoms with Crippen molar-refractivity contribution in [2.75, 3.05) is 0 Å². The molecule has 7 rings (SSSR count). The minimum absolute atomic E-state index is 0.196. The van der Waals surface area contributed by atoms with Gasteiger partial charge in [0.05, 0.1) is 45.5 Å². The van der Waals surface area contributed by atoms with Crippen molar-refractivity contribution in [3.8, 4) is 39.1 Å². The second-order valence-electron chi connectivity index (χ2n) is 7.95. The summed E-state index contributed by atoms with van der Waals surface area (Å²) in [7, 11) is 0. The smallest absolute Gasteiger partial charge is 0.147 e. The van der Waals surface area contributed by atoms with E-state index in [0.717, 1.165) is 22.8 Å². The Balaban J connectivity index is 1.71. The number of hydrogen-bond donors (Lipinski definition) is 0. The van der Waals surface area contributed by atoms with Crippen molar-refractivity contribution in [2.24, 2.45) is 0 Å². The molecule has 0 amide bonds. The van der Waals surface area contributed by atoms with Crippen LogP contribution in [0.1, 0.15) is 28.8 Å². The fourth-order valence-electron chi connectivity index (χ4n) is 4.09. The molecule has 0 saturated carbocycles. The average Bonchev–Trinajstić information content (AvgIpc) is 3.56. The molecule has 0 atom stereocenters. The quantitative estimate of drug-likeness (QED) is 0.222. The third-order valence-corrected chi connectivity index (χ3v) is 5.76. The van der Waals surface area contributed by atoms with E-state index in [2.05, 4.69) is 0 Å². The molecule has 0 aliphatic rings. The summed E-state index contributed by atoms with van der Waals surface area (Å²) in [5.41, 5.74) is -4.90. The molecule has 180 valence electrons. The molecule has 1 aromatic heterocycles. The number of rotatable bonds is 4. The average molecular weight is 511 g/mol. The van der Waals surface area contributed by atoms with Crippen LogP contribution >= 0.6 is 0 Å². The van der Waals surface area contributed by atoms with E-state index < -0.39 is 182 Å². The van der Waals surface area contributed by atoms with Gasteiger partial charge in [-0.05, 0) is 69.7 Å². The number of halogens is 1. The molecule has 0 fully saturated rings. The largest absolute Gasteiger partial charge is 0.306 e. The van der Waals surface area contributed by atoms with Crippen LogP contribution in [0.3, 0.4) is 0 Å². The Morgan fingerprint density at radius 2 is 0.921 bits per heavy atom.